The summed E-state index contributed by atoms with van der Waals surface area (Å²) in [4.78, 5) is 26.2. The van der Waals surface area contributed by atoms with E-state index in [2.05, 4.69) is 0 Å². The lowest BCUT2D eigenvalue weighted by atomic mass is 10.1. The van der Waals surface area contributed by atoms with Crippen molar-refractivity contribution >= 4 is 11.8 Å². The van der Waals surface area contributed by atoms with Gasteiger partial charge in [0.2, 0.25) is 0 Å². The van der Waals surface area contributed by atoms with Crippen LogP contribution in [0.1, 0.15) is 0 Å². The molecule has 3 rings (SSSR count). The molecule has 0 aliphatic heterocycles. The maximum Gasteiger partial charge on any atom is 0.337 e. The Hall–Kier alpha value is -3.11. The molecule has 0 aliphatic rings. The van der Waals surface area contributed by atoms with E-state index in [1.165, 1.54) is 34.9 Å². The van der Waals surface area contributed by atoms with E-state index in [4.69, 9.17) is 5.26 Å². The molecule has 0 radical (unpaired) electrons. The van der Waals surface area contributed by atoms with Gasteiger partial charge in [0.1, 0.15) is 12.4 Å². The molecule has 0 unspecified atom stereocenters. The van der Waals surface area contributed by atoms with Crippen molar-refractivity contribution in [3.8, 4) is 23.0 Å². The number of halogens is 1. The summed E-state index contributed by atoms with van der Waals surface area (Å²) in [6.45, 7) is -0.343. The van der Waals surface area contributed by atoms with Crippen LogP contribution >= 0.6 is 11.8 Å². The molecule has 0 spiro atoms. The molecule has 2 aromatic carbocycles. The molecule has 0 bridgehead atoms. The molecule has 0 aliphatic carbocycles. The highest BCUT2D eigenvalue weighted by atomic mass is 32.2. The molecule has 130 valence electrons. The highest BCUT2D eigenvalue weighted by Gasteiger charge is 2.14. The summed E-state index contributed by atoms with van der Waals surface area (Å²) in [5, 5.41) is 8.91. The Labute approximate surface area is 153 Å². The summed E-state index contributed by atoms with van der Waals surface area (Å²) in [7, 11) is 0. The van der Waals surface area contributed by atoms with Crippen LogP contribution in [0.3, 0.4) is 0 Å². The zero-order chi connectivity index (χ0) is 18.7. The van der Waals surface area contributed by atoms with E-state index in [9.17, 15) is 14.0 Å². The van der Waals surface area contributed by atoms with E-state index in [0.29, 0.717) is 16.9 Å². The Morgan fingerprint density at radius 3 is 2.31 bits per heavy atom. The largest absolute Gasteiger partial charge is 0.337 e. The van der Waals surface area contributed by atoms with Crippen molar-refractivity contribution in [1.29, 1.82) is 5.26 Å². The van der Waals surface area contributed by atoms with E-state index in [1.807, 2.05) is 24.5 Å². The predicted octanol–water partition coefficient (Wildman–Crippen LogP) is 3.05. The molecular formula is C19H14FN3O2S. The molecule has 3 aromatic rings. The lowest BCUT2D eigenvalue weighted by Gasteiger charge is -2.15. The minimum absolute atomic E-state index is 0.339. The zero-order valence-corrected chi connectivity index (χ0v) is 14.7. The average molecular weight is 367 g/mol. The Morgan fingerprint density at radius 2 is 1.73 bits per heavy atom. The second kappa shape index (κ2) is 7.42. The van der Waals surface area contributed by atoms with Gasteiger partial charge in [-0.25, -0.2) is 13.8 Å². The van der Waals surface area contributed by atoms with E-state index in [0.717, 1.165) is 9.46 Å². The fraction of sp³-hybridized carbons (Fsp3) is 0.105. The van der Waals surface area contributed by atoms with Crippen LogP contribution in [0.5, 0.6) is 0 Å². The van der Waals surface area contributed by atoms with Crippen molar-refractivity contribution in [3.05, 3.63) is 81.3 Å². The minimum atomic E-state index is -0.615. The van der Waals surface area contributed by atoms with E-state index >= 15 is 0 Å². The molecule has 0 saturated heterocycles. The van der Waals surface area contributed by atoms with Gasteiger partial charge in [-0.15, -0.1) is 11.8 Å². The van der Waals surface area contributed by atoms with Crippen LogP contribution in [0, 0.1) is 17.1 Å². The third-order valence-corrected chi connectivity index (χ3v) is 4.63. The first-order chi connectivity index (χ1) is 12.5. The van der Waals surface area contributed by atoms with Gasteiger partial charge in [0.25, 0.3) is 5.56 Å². The molecule has 0 atom stereocenters. The van der Waals surface area contributed by atoms with Crippen LogP contribution < -0.4 is 11.2 Å². The molecule has 0 saturated carbocycles. The third-order valence-electron chi connectivity index (χ3n) is 3.89. The second-order valence-corrected chi connectivity index (χ2v) is 6.31. The fourth-order valence-electron chi connectivity index (χ4n) is 2.61. The number of nitriles is 1. The summed E-state index contributed by atoms with van der Waals surface area (Å²) in [5.41, 5.74) is 0.228. The first-order valence-corrected chi connectivity index (χ1v) is 8.92. The van der Waals surface area contributed by atoms with Crippen LogP contribution in [0.15, 0.2) is 69.1 Å². The third kappa shape index (κ3) is 3.32. The lowest BCUT2D eigenvalue weighted by Crippen LogP contribution is -2.39. The van der Waals surface area contributed by atoms with E-state index < -0.39 is 17.1 Å². The first-order valence-electron chi connectivity index (χ1n) is 7.69. The monoisotopic (exact) mass is 367 g/mol. The number of thioether (sulfide) groups is 1. The van der Waals surface area contributed by atoms with Gasteiger partial charge in [-0.2, -0.15) is 5.26 Å². The van der Waals surface area contributed by atoms with Crippen molar-refractivity contribution in [1.82, 2.24) is 9.13 Å². The van der Waals surface area contributed by atoms with Gasteiger partial charge in [0.05, 0.1) is 17.5 Å². The Balaban J connectivity index is 2.32. The van der Waals surface area contributed by atoms with Crippen LogP contribution in [-0.4, -0.2) is 15.4 Å². The van der Waals surface area contributed by atoms with Gasteiger partial charge in [-0.3, -0.25) is 9.36 Å². The van der Waals surface area contributed by atoms with Gasteiger partial charge >= 0.3 is 5.69 Å². The molecule has 0 N–H and O–H groups in total. The number of rotatable bonds is 4. The van der Waals surface area contributed by atoms with Gasteiger partial charge in [-0.1, -0.05) is 0 Å². The van der Waals surface area contributed by atoms with Crippen LogP contribution in [-0.2, 0) is 6.54 Å². The van der Waals surface area contributed by atoms with Gasteiger partial charge < -0.3 is 0 Å². The summed E-state index contributed by atoms with van der Waals surface area (Å²) < 4.78 is 15.5. The highest BCUT2D eigenvalue weighted by Crippen LogP contribution is 2.22. The number of benzene rings is 2. The fourth-order valence-corrected chi connectivity index (χ4v) is 3.02. The Bertz CT molecular complexity index is 1090. The van der Waals surface area contributed by atoms with Crippen molar-refractivity contribution < 1.29 is 4.39 Å². The molecule has 0 amide bonds. The van der Waals surface area contributed by atoms with E-state index in [-0.39, 0.29) is 6.54 Å². The maximum atomic E-state index is 13.3. The van der Waals surface area contributed by atoms with Crippen molar-refractivity contribution in [2.45, 2.75) is 11.4 Å². The standard InChI is InChI=1S/C19H14FN3O2S/c1-26-16-8-6-15(7-9-16)23-17(13-2-4-14(20)5-3-13)12-18(24)22(11-10-21)19(23)25/h2-9,12H,11H2,1H3. The SMILES string of the molecule is CSc1ccc(-n2c(-c3ccc(F)cc3)cc(=O)n(CC#N)c2=O)cc1. The second-order valence-electron chi connectivity index (χ2n) is 5.43. The minimum Gasteiger partial charge on any atom is -0.269 e. The topological polar surface area (TPSA) is 67.8 Å². The van der Waals surface area contributed by atoms with Gasteiger partial charge in [0.15, 0.2) is 0 Å². The quantitative estimate of drug-likeness (QED) is 0.665. The molecule has 5 nitrogen and oxygen atoms in total. The first kappa shape index (κ1) is 17.7. The number of aromatic nitrogens is 2. The van der Waals surface area contributed by atoms with Gasteiger partial charge in [0, 0.05) is 11.0 Å². The molecular weight excluding hydrogens is 353 g/mol. The maximum absolute atomic E-state index is 13.3. The van der Waals surface area contributed by atoms with Gasteiger partial charge in [-0.05, 0) is 60.4 Å². The van der Waals surface area contributed by atoms with Crippen molar-refractivity contribution in [2.24, 2.45) is 0 Å². The smallest absolute Gasteiger partial charge is 0.269 e. The van der Waals surface area contributed by atoms with E-state index in [1.54, 1.807) is 23.9 Å². The molecule has 1 aromatic heterocycles. The van der Waals surface area contributed by atoms with Crippen LogP contribution in [0.25, 0.3) is 16.9 Å². The summed E-state index contributed by atoms with van der Waals surface area (Å²) in [5.74, 6) is -0.412. The van der Waals surface area contributed by atoms with Crippen LogP contribution in [0.4, 0.5) is 4.39 Å². The molecule has 7 heteroatoms. The number of hydrogen-bond acceptors (Lipinski definition) is 4. The average Bonchev–Trinajstić information content (AvgIpc) is 2.65. The lowest BCUT2D eigenvalue weighted by molar-refractivity contribution is 0.628. The van der Waals surface area contributed by atoms with Crippen molar-refractivity contribution in [3.63, 3.8) is 0 Å². The number of nitrogens with zero attached hydrogens (tertiary/aromatic N) is 3. The predicted molar refractivity (Wildman–Crippen MR) is 99.1 cm³/mol. The summed E-state index contributed by atoms with van der Waals surface area (Å²) >= 11 is 1.57. The van der Waals surface area contributed by atoms with Crippen LogP contribution in [0.2, 0.25) is 0 Å². The summed E-state index contributed by atoms with van der Waals surface area (Å²) in [6, 6.07) is 15.9. The summed E-state index contributed by atoms with van der Waals surface area (Å²) in [6.07, 6.45) is 1.94. The highest BCUT2D eigenvalue weighted by molar-refractivity contribution is 7.98. The zero-order valence-electron chi connectivity index (χ0n) is 13.8. The van der Waals surface area contributed by atoms with Crippen molar-refractivity contribution in [2.75, 3.05) is 6.26 Å². The Kier molecular flexibility index (Phi) is 5.05. The molecule has 0 fully saturated rings. The normalized spacial score (nSPS) is 10.5. The molecule has 1 heterocycles. The molecule has 26 heavy (non-hydrogen) atoms. The Morgan fingerprint density at radius 1 is 1.08 bits per heavy atom. The number of hydrogen-bond donors (Lipinski definition) is 0.